The SMILES string of the molecule is COC(=O)N[C@H]1CCOC1=O. The molecule has 0 aromatic heterocycles. The summed E-state index contributed by atoms with van der Waals surface area (Å²) in [6.45, 7) is 0.369. The van der Waals surface area contributed by atoms with E-state index in [0.717, 1.165) is 0 Å². The minimum Gasteiger partial charge on any atom is -0.464 e. The fraction of sp³-hybridized carbons (Fsp3) is 0.667. The molecule has 1 fully saturated rings. The van der Waals surface area contributed by atoms with Gasteiger partial charge in [0.2, 0.25) is 0 Å². The lowest BCUT2D eigenvalue weighted by Gasteiger charge is -2.05. The first-order chi connectivity index (χ1) is 5.24. The number of rotatable bonds is 1. The van der Waals surface area contributed by atoms with E-state index in [1.165, 1.54) is 7.11 Å². The summed E-state index contributed by atoms with van der Waals surface area (Å²) in [6.07, 6.45) is -0.0812. The van der Waals surface area contributed by atoms with E-state index in [2.05, 4.69) is 14.8 Å². The second kappa shape index (κ2) is 3.23. The molecule has 11 heavy (non-hydrogen) atoms. The fourth-order valence-electron chi connectivity index (χ4n) is 0.828. The van der Waals surface area contributed by atoms with Crippen molar-refractivity contribution in [2.24, 2.45) is 0 Å². The highest BCUT2D eigenvalue weighted by atomic mass is 16.6. The molecule has 0 saturated carbocycles. The van der Waals surface area contributed by atoms with Gasteiger partial charge in [0.1, 0.15) is 6.04 Å². The smallest absolute Gasteiger partial charge is 0.407 e. The zero-order chi connectivity index (χ0) is 8.27. The minimum absolute atomic E-state index is 0.369. The number of methoxy groups -OCH3 is 1. The Morgan fingerprint density at radius 3 is 3.00 bits per heavy atom. The predicted octanol–water partition coefficient (Wildman–Crippen LogP) is -0.342. The summed E-state index contributed by atoms with van der Waals surface area (Å²) < 4.78 is 8.90. The quantitative estimate of drug-likeness (QED) is 0.531. The van der Waals surface area contributed by atoms with E-state index >= 15 is 0 Å². The summed E-state index contributed by atoms with van der Waals surface area (Å²) in [5.74, 6) is -0.393. The van der Waals surface area contributed by atoms with Crippen molar-refractivity contribution >= 4 is 12.1 Å². The van der Waals surface area contributed by atoms with Crippen LogP contribution in [0.15, 0.2) is 0 Å². The zero-order valence-corrected chi connectivity index (χ0v) is 6.12. The van der Waals surface area contributed by atoms with E-state index in [9.17, 15) is 9.59 Å². The molecule has 0 unspecified atom stereocenters. The van der Waals surface area contributed by atoms with E-state index in [4.69, 9.17) is 0 Å². The lowest BCUT2D eigenvalue weighted by molar-refractivity contribution is -0.139. The lowest BCUT2D eigenvalue weighted by Crippen LogP contribution is -2.37. The Hall–Kier alpha value is -1.26. The van der Waals surface area contributed by atoms with Gasteiger partial charge in [-0.2, -0.15) is 0 Å². The molecular formula is C6H9NO4. The van der Waals surface area contributed by atoms with Gasteiger partial charge >= 0.3 is 12.1 Å². The summed E-state index contributed by atoms with van der Waals surface area (Å²) >= 11 is 0. The molecule has 0 spiro atoms. The van der Waals surface area contributed by atoms with Crippen molar-refractivity contribution < 1.29 is 19.1 Å². The monoisotopic (exact) mass is 159 g/mol. The highest BCUT2D eigenvalue weighted by Crippen LogP contribution is 2.05. The highest BCUT2D eigenvalue weighted by molar-refractivity contribution is 5.82. The molecule has 1 aliphatic rings. The third-order valence-corrected chi connectivity index (χ3v) is 1.41. The number of carbonyl (C=O) groups is 2. The van der Waals surface area contributed by atoms with Gasteiger partial charge < -0.3 is 14.8 Å². The Bertz CT molecular complexity index is 179. The molecule has 1 saturated heterocycles. The molecule has 0 aromatic carbocycles. The van der Waals surface area contributed by atoms with Crippen LogP contribution in [-0.4, -0.2) is 31.8 Å². The van der Waals surface area contributed by atoms with Crippen LogP contribution in [0.2, 0.25) is 0 Å². The molecule has 5 heteroatoms. The maximum atomic E-state index is 10.7. The van der Waals surface area contributed by atoms with Crippen LogP contribution in [0.25, 0.3) is 0 Å². The number of nitrogens with one attached hydrogen (secondary N) is 1. The third kappa shape index (κ3) is 1.83. The molecule has 62 valence electrons. The number of alkyl carbamates (subject to hydrolysis) is 1. The molecule has 5 nitrogen and oxygen atoms in total. The van der Waals surface area contributed by atoms with Crippen molar-refractivity contribution in [1.82, 2.24) is 5.32 Å². The van der Waals surface area contributed by atoms with Gasteiger partial charge in [-0.1, -0.05) is 0 Å². The molecule has 1 N–H and O–H groups in total. The lowest BCUT2D eigenvalue weighted by atomic mass is 10.2. The normalized spacial score (nSPS) is 22.6. The Balaban J connectivity index is 2.36. The van der Waals surface area contributed by atoms with E-state index in [1.807, 2.05) is 0 Å². The molecule has 0 aromatic rings. The van der Waals surface area contributed by atoms with Crippen LogP contribution >= 0.6 is 0 Å². The second-order valence-electron chi connectivity index (χ2n) is 2.14. The fourth-order valence-corrected chi connectivity index (χ4v) is 0.828. The summed E-state index contributed by atoms with van der Waals surface area (Å²) in [5, 5.41) is 2.34. The summed E-state index contributed by atoms with van der Waals surface area (Å²) in [4.78, 5) is 21.3. The van der Waals surface area contributed by atoms with Gasteiger partial charge in [-0.15, -0.1) is 0 Å². The average Bonchev–Trinajstić information content (AvgIpc) is 2.37. The van der Waals surface area contributed by atoms with Crippen molar-refractivity contribution in [3.05, 3.63) is 0 Å². The van der Waals surface area contributed by atoms with Crippen LogP contribution in [0.5, 0.6) is 0 Å². The standard InChI is InChI=1S/C6H9NO4/c1-10-6(9)7-4-2-3-11-5(4)8/h4H,2-3H2,1H3,(H,7,9)/t4-/m0/s1. The molecule has 1 amide bonds. The zero-order valence-electron chi connectivity index (χ0n) is 6.12. The van der Waals surface area contributed by atoms with E-state index in [-0.39, 0.29) is 0 Å². The number of hydrogen-bond acceptors (Lipinski definition) is 4. The van der Waals surface area contributed by atoms with E-state index in [1.54, 1.807) is 0 Å². The first-order valence-corrected chi connectivity index (χ1v) is 3.25. The molecule has 1 rings (SSSR count). The third-order valence-electron chi connectivity index (χ3n) is 1.41. The van der Waals surface area contributed by atoms with Gasteiger partial charge in [-0.3, -0.25) is 0 Å². The molecule has 0 bridgehead atoms. The molecule has 1 aliphatic heterocycles. The van der Waals surface area contributed by atoms with Gasteiger partial charge in [0, 0.05) is 6.42 Å². The average molecular weight is 159 g/mol. The van der Waals surface area contributed by atoms with Crippen molar-refractivity contribution in [3.63, 3.8) is 0 Å². The van der Waals surface area contributed by atoms with E-state index in [0.29, 0.717) is 13.0 Å². The number of carbonyl (C=O) groups excluding carboxylic acids is 2. The van der Waals surface area contributed by atoms with Crippen molar-refractivity contribution in [2.45, 2.75) is 12.5 Å². The molecular weight excluding hydrogens is 150 g/mol. The van der Waals surface area contributed by atoms with Crippen LogP contribution in [0.1, 0.15) is 6.42 Å². The molecule has 0 aliphatic carbocycles. The largest absolute Gasteiger partial charge is 0.464 e. The Morgan fingerprint density at radius 1 is 1.82 bits per heavy atom. The van der Waals surface area contributed by atoms with Gasteiger partial charge in [0.25, 0.3) is 0 Å². The number of hydrogen-bond donors (Lipinski definition) is 1. The van der Waals surface area contributed by atoms with Gasteiger partial charge in [0.05, 0.1) is 13.7 Å². The maximum Gasteiger partial charge on any atom is 0.407 e. The number of amides is 1. The number of ether oxygens (including phenoxy) is 2. The van der Waals surface area contributed by atoms with Crippen LogP contribution in [-0.2, 0) is 14.3 Å². The Kier molecular flexibility index (Phi) is 2.30. The van der Waals surface area contributed by atoms with Gasteiger partial charge in [-0.05, 0) is 0 Å². The Morgan fingerprint density at radius 2 is 2.55 bits per heavy atom. The van der Waals surface area contributed by atoms with Crippen LogP contribution in [0.3, 0.4) is 0 Å². The van der Waals surface area contributed by atoms with E-state index < -0.39 is 18.1 Å². The number of esters is 1. The maximum absolute atomic E-state index is 10.7. The van der Waals surface area contributed by atoms with Gasteiger partial charge in [-0.25, -0.2) is 9.59 Å². The number of cyclic esters (lactones) is 1. The summed E-state index contributed by atoms with van der Waals surface area (Å²) in [5.41, 5.74) is 0. The topological polar surface area (TPSA) is 64.6 Å². The summed E-state index contributed by atoms with van der Waals surface area (Å²) in [6, 6.07) is -0.526. The minimum atomic E-state index is -0.603. The van der Waals surface area contributed by atoms with Crippen molar-refractivity contribution in [3.8, 4) is 0 Å². The van der Waals surface area contributed by atoms with Crippen LogP contribution in [0.4, 0.5) is 4.79 Å². The first-order valence-electron chi connectivity index (χ1n) is 3.25. The summed E-state index contributed by atoms with van der Waals surface area (Å²) in [7, 11) is 1.25. The van der Waals surface area contributed by atoms with Gasteiger partial charge in [0.15, 0.2) is 0 Å². The second-order valence-corrected chi connectivity index (χ2v) is 2.14. The van der Waals surface area contributed by atoms with Crippen LogP contribution < -0.4 is 5.32 Å². The molecule has 1 atom stereocenters. The predicted molar refractivity (Wildman–Crippen MR) is 34.9 cm³/mol. The van der Waals surface area contributed by atoms with Crippen LogP contribution in [0, 0.1) is 0 Å². The van der Waals surface area contributed by atoms with Crippen molar-refractivity contribution in [2.75, 3.05) is 13.7 Å². The Labute approximate surface area is 63.7 Å². The highest BCUT2D eigenvalue weighted by Gasteiger charge is 2.27. The molecule has 1 heterocycles. The van der Waals surface area contributed by atoms with Crippen molar-refractivity contribution in [1.29, 1.82) is 0 Å². The molecule has 0 radical (unpaired) electrons. The first kappa shape index (κ1) is 7.84.